The smallest absolute Gasteiger partial charge is 0.251 e. The summed E-state index contributed by atoms with van der Waals surface area (Å²) in [7, 11) is 1.51. The first-order chi connectivity index (χ1) is 9.63. The van der Waals surface area contributed by atoms with E-state index in [0.717, 1.165) is 12.8 Å². The summed E-state index contributed by atoms with van der Waals surface area (Å²) in [6.07, 6.45) is 1.96. The van der Waals surface area contributed by atoms with Crippen molar-refractivity contribution in [2.24, 2.45) is 5.73 Å². The fourth-order valence-corrected chi connectivity index (χ4v) is 1.86. The Kier molecular flexibility index (Phi) is 7.18. The van der Waals surface area contributed by atoms with Crippen LogP contribution in [0.5, 0.6) is 11.5 Å². The molecule has 1 rings (SSSR count). The molecule has 1 amide bonds. The predicted octanol–water partition coefficient (Wildman–Crippen LogP) is 2.22. The average Bonchev–Trinajstić information content (AvgIpc) is 2.46. The Labute approximate surface area is 124 Å². The van der Waals surface area contributed by atoms with Gasteiger partial charge in [-0.3, -0.25) is 4.79 Å². The summed E-state index contributed by atoms with van der Waals surface area (Å²) >= 11 is 6.16. The summed E-state index contributed by atoms with van der Waals surface area (Å²) in [5, 5.41) is 3.04. The molecule has 112 valence electrons. The molecule has 6 heteroatoms. The quantitative estimate of drug-likeness (QED) is 0.722. The van der Waals surface area contributed by atoms with E-state index in [1.807, 2.05) is 0 Å². The van der Waals surface area contributed by atoms with Crippen molar-refractivity contribution in [2.75, 3.05) is 26.8 Å². The van der Waals surface area contributed by atoms with Crippen molar-refractivity contribution in [3.63, 3.8) is 0 Å². The first-order valence-corrected chi connectivity index (χ1v) is 7.00. The molecule has 0 saturated carbocycles. The van der Waals surface area contributed by atoms with Gasteiger partial charge in [0.15, 0.2) is 11.5 Å². The molecule has 20 heavy (non-hydrogen) atoms. The molecule has 0 radical (unpaired) electrons. The second-order valence-corrected chi connectivity index (χ2v) is 4.64. The molecule has 0 heterocycles. The Morgan fingerprint density at radius 3 is 2.80 bits per heavy atom. The number of hydrogen-bond acceptors (Lipinski definition) is 4. The molecule has 5 nitrogen and oxygen atoms in total. The van der Waals surface area contributed by atoms with Crippen molar-refractivity contribution >= 4 is 17.5 Å². The highest BCUT2D eigenvalue weighted by atomic mass is 35.5. The summed E-state index contributed by atoms with van der Waals surface area (Å²) in [5.74, 6) is 0.681. The van der Waals surface area contributed by atoms with Gasteiger partial charge in [-0.25, -0.2) is 0 Å². The summed E-state index contributed by atoms with van der Waals surface area (Å²) in [6.45, 7) is 3.43. The largest absolute Gasteiger partial charge is 0.493 e. The van der Waals surface area contributed by atoms with E-state index in [9.17, 15) is 4.79 Å². The normalized spacial score (nSPS) is 10.2. The number of hydrogen-bond donors (Lipinski definition) is 2. The van der Waals surface area contributed by atoms with Crippen LogP contribution in [-0.2, 0) is 0 Å². The number of unbranched alkanes of at least 4 members (excludes halogenated alkanes) is 1. The molecule has 0 bridgehead atoms. The maximum absolute atomic E-state index is 11.9. The van der Waals surface area contributed by atoms with Crippen molar-refractivity contribution in [3.05, 3.63) is 22.7 Å². The second kappa shape index (κ2) is 8.66. The maximum Gasteiger partial charge on any atom is 0.251 e. The molecule has 0 aliphatic heterocycles. The summed E-state index contributed by atoms with van der Waals surface area (Å²) < 4.78 is 10.8. The zero-order valence-corrected chi connectivity index (χ0v) is 12.6. The van der Waals surface area contributed by atoms with Gasteiger partial charge in [0, 0.05) is 18.7 Å². The number of benzene rings is 1. The lowest BCUT2D eigenvalue weighted by Gasteiger charge is -2.14. The van der Waals surface area contributed by atoms with Crippen LogP contribution in [0.3, 0.4) is 0 Å². The van der Waals surface area contributed by atoms with Gasteiger partial charge >= 0.3 is 0 Å². The van der Waals surface area contributed by atoms with E-state index in [4.69, 9.17) is 26.8 Å². The lowest BCUT2D eigenvalue weighted by Crippen LogP contribution is -2.29. The second-order valence-electron chi connectivity index (χ2n) is 4.24. The van der Waals surface area contributed by atoms with Crippen LogP contribution in [-0.4, -0.2) is 32.7 Å². The molecule has 0 atom stereocenters. The van der Waals surface area contributed by atoms with Crippen LogP contribution in [0.1, 0.15) is 30.1 Å². The number of methoxy groups -OCH3 is 1. The zero-order valence-electron chi connectivity index (χ0n) is 11.9. The topological polar surface area (TPSA) is 73.6 Å². The van der Waals surface area contributed by atoms with Crippen LogP contribution < -0.4 is 20.5 Å². The van der Waals surface area contributed by atoms with E-state index in [1.54, 1.807) is 12.1 Å². The molecule has 0 aromatic heterocycles. The molecule has 3 N–H and O–H groups in total. The Morgan fingerprint density at radius 1 is 1.45 bits per heavy atom. The highest BCUT2D eigenvalue weighted by molar-refractivity contribution is 6.32. The predicted molar refractivity (Wildman–Crippen MR) is 79.8 cm³/mol. The van der Waals surface area contributed by atoms with E-state index >= 15 is 0 Å². The molecule has 0 unspecified atom stereocenters. The van der Waals surface area contributed by atoms with Crippen LogP contribution in [0.2, 0.25) is 5.02 Å². The van der Waals surface area contributed by atoms with E-state index in [-0.39, 0.29) is 5.91 Å². The number of rotatable bonds is 8. The Morgan fingerprint density at radius 2 is 2.20 bits per heavy atom. The van der Waals surface area contributed by atoms with Crippen LogP contribution >= 0.6 is 11.6 Å². The maximum atomic E-state index is 11.9. The minimum atomic E-state index is -0.240. The highest BCUT2D eigenvalue weighted by Crippen LogP contribution is 2.36. The first kappa shape index (κ1) is 16.6. The first-order valence-electron chi connectivity index (χ1n) is 6.62. The molecule has 1 aromatic carbocycles. The van der Waals surface area contributed by atoms with Crippen molar-refractivity contribution in [1.82, 2.24) is 5.32 Å². The molecule has 0 saturated heterocycles. The van der Waals surface area contributed by atoms with Crippen molar-refractivity contribution in [1.29, 1.82) is 0 Å². The third-order valence-electron chi connectivity index (χ3n) is 2.67. The van der Waals surface area contributed by atoms with Gasteiger partial charge in [-0.05, 0) is 18.6 Å². The van der Waals surface area contributed by atoms with Crippen molar-refractivity contribution in [2.45, 2.75) is 19.8 Å². The number of amides is 1. The minimum Gasteiger partial charge on any atom is -0.493 e. The summed E-state index contributed by atoms with van der Waals surface area (Å²) in [6, 6.07) is 3.18. The number of carbonyl (C=O) groups excluding carboxylic acids is 1. The number of nitrogens with two attached hydrogens (primary N) is 1. The van der Waals surface area contributed by atoms with Gasteiger partial charge in [-0.2, -0.15) is 0 Å². The molecule has 0 fully saturated rings. The molecular weight excluding hydrogens is 280 g/mol. The fraction of sp³-hybridized carbons (Fsp3) is 0.500. The Bertz CT molecular complexity index is 452. The molecule has 0 aliphatic rings. The van der Waals surface area contributed by atoms with Gasteiger partial charge in [0.2, 0.25) is 0 Å². The van der Waals surface area contributed by atoms with E-state index < -0.39 is 0 Å². The van der Waals surface area contributed by atoms with Gasteiger partial charge in [0.25, 0.3) is 5.91 Å². The third-order valence-corrected chi connectivity index (χ3v) is 2.95. The van der Waals surface area contributed by atoms with Crippen molar-refractivity contribution < 1.29 is 14.3 Å². The Hall–Kier alpha value is -1.46. The van der Waals surface area contributed by atoms with E-state index in [1.165, 1.54) is 7.11 Å². The minimum absolute atomic E-state index is 0.240. The summed E-state index contributed by atoms with van der Waals surface area (Å²) in [4.78, 5) is 11.9. The standard InChI is InChI=1S/C14H21ClN2O3/c1-3-4-7-20-13-11(15)8-10(9-12(13)19-2)14(18)17-6-5-16/h8-9H,3-7,16H2,1-2H3,(H,17,18). The SMILES string of the molecule is CCCCOc1c(Cl)cc(C(=O)NCCN)cc1OC. The number of halogens is 1. The van der Waals surface area contributed by atoms with Gasteiger partial charge in [0.1, 0.15) is 0 Å². The number of ether oxygens (including phenoxy) is 2. The van der Waals surface area contributed by atoms with E-state index in [0.29, 0.717) is 41.8 Å². The lowest BCUT2D eigenvalue weighted by molar-refractivity contribution is 0.0954. The lowest BCUT2D eigenvalue weighted by atomic mass is 10.2. The number of carbonyl (C=O) groups is 1. The van der Waals surface area contributed by atoms with Gasteiger partial charge in [-0.1, -0.05) is 24.9 Å². The van der Waals surface area contributed by atoms with Gasteiger partial charge < -0.3 is 20.5 Å². The van der Waals surface area contributed by atoms with Crippen LogP contribution in [0.25, 0.3) is 0 Å². The van der Waals surface area contributed by atoms with Gasteiger partial charge in [-0.15, -0.1) is 0 Å². The molecule has 0 spiro atoms. The summed E-state index contributed by atoms with van der Waals surface area (Å²) in [5.41, 5.74) is 5.77. The third kappa shape index (κ3) is 4.58. The monoisotopic (exact) mass is 300 g/mol. The van der Waals surface area contributed by atoms with Crippen LogP contribution in [0.4, 0.5) is 0 Å². The van der Waals surface area contributed by atoms with Crippen LogP contribution in [0.15, 0.2) is 12.1 Å². The average molecular weight is 301 g/mol. The molecule has 1 aromatic rings. The van der Waals surface area contributed by atoms with Crippen molar-refractivity contribution in [3.8, 4) is 11.5 Å². The van der Waals surface area contributed by atoms with E-state index in [2.05, 4.69) is 12.2 Å². The molecule has 0 aliphatic carbocycles. The Balaban J connectivity index is 2.91. The number of nitrogens with one attached hydrogen (secondary N) is 1. The van der Waals surface area contributed by atoms with Gasteiger partial charge in [0.05, 0.1) is 18.7 Å². The highest BCUT2D eigenvalue weighted by Gasteiger charge is 2.15. The zero-order chi connectivity index (χ0) is 15.0. The fourth-order valence-electron chi connectivity index (χ4n) is 1.60. The molecular formula is C14H21ClN2O3. The van der Waals surface area contributed by atoms with Crippen LogP contribution in [0, 0.1) is 0 Å².